The molecule has 0 N–H and O–H groups in total. The van der Waals surface area contributed by atoms with Gasteiger partial charge in [0.05, 0.1) is 22.1 Å². The highest BCUT2D eigenvalue weighted by Gasteiger charge is 2.25. The van der Waals surface area contributed by atoms with Gasteiger partial charge in [-0.3, -0.25) is 0 Å². The zero-order chi connectivity index (χ0) is 59.8. The van der Waals surface area contributed by atoms with Crippen LogP contribution in [-0.4, -0.2) is 9.13 Å². The molecular formula is C88H58N2. The predicted octanol–water partition coefficient (Wildman–Crippen LogP) is 24.3. The lowest BCUT2D eigenvalue weighted by Crippen LogP contribution is -1.93. The predicted molar refractivity (Wildman–Crippen MR) is 385 cm³/mol. The molecule has 17 aromatic rings. The summed E-state index contributed by atoms with van der Waals surface area (Å²) in [6.07, 6.45) is 3.28. The van der Waals surface area contributed by atoms with Gasteiger partial charge in [-0.1, -0.05) is 268 Å². The van der Waals surface area contributed by atoms with Crippen LogP contribution in [0.3, 0.4) is 0 Å². The first-order valence-electron chi connectivity index (χ1n) is 31.0. The number of hydrogen-bond acceptors (Lipinski definition) is 0. The molecule has 2 heteroatoms. The van der Waals surface area contributed by atoms with Crippen LogP contribution in [0.4, 0.5) is 0 Å². The Balaban J connectivity index is 0.000000132. The topological polar surface area (TPSA) is 9.86 Å². The van der Waals surface area contributed by atoms with Crippen molar-refractivity contribution in [1.82, 2.24) is 9.13 Å². The molecule has 0 spiro atoms. The van der Waals surface area contributed by atoms with Crippen LogP contribution in [0, 0.1) is 0 Å². The summed E-state index contributed by atoms with van der Waals surface area (Å²) in [6, 6.07) is 116. The summed E-state index contributed by atoms with van der Waals surface area (Å²) in [7, 11) is 0. The summed E-state index contributed by atoms with van der Waals surface area (Å²) in [4.78, 5) is 0. The van der Waals surface area contributed by atoms with Crippen molar-refractivity contribution < 1.29 is 0 Å². The van der Waals surface area contributed by atoms with Gasteiger partial charge in [-0.15, -0.1) is 0 Å². The molecule has 420 valence electrons. The third-order valence-electron chi connectivity index (χ3n) is 18.6. The van der Waals surface area contributed by atoms with Gasteiger partial charge >= 0.3 is 0 Å². The SMILES string of the molecule is C=CC=C.c1ccc(-n2c3ccccc3c3cc(-c4ccc5cc(-c6ccc7c8c(cccc68)-c6ccccc6-7)ccc5c4)ccc32)cc1.c1ccc(-n2c3ccccc3c3ccc(-c4cccc(-c5ccc6c7c(cccc57)-c5ccccc5-6)c4)cc32)cc1. The molecule has 0 amide bonds. The third kappa shape index (κ3) is 8.49. The van der Waals surface area contributed by atoms with Crippen LogP contribution < -0.4 is 0 Å². The quantitative estimate of drug-likeness (QED) is 0.141. The van der Waals surface area contributed by atoms with Gasteiger partial charge in [-0.25, -0.2) is 0 Å². The second-order valence-electron chi connectivity index (χ2n) is 23.5. The Morgan fingerprint density at radius 1 is 0.200 bits per heavy atom. The maximum Gasteiger partial charge on any atom is 0.0547 e. The molecule has 2 aliphatic rings. The van der Waals surface area contributed by atoms with E-state index in [1.807, 2.05) is 0 Å². The van der Waals surface area contributed by atoms with Crippen molar-refractivity contribution in [2.75, 3.05) is 0 Å². The van der Waals surface area contributed by atoms with Gasteiger partial charge in [0, 0.05) is 32.9 Å². The standard InChI is InChI=1S/C44H27N.C40H25N.C4H6/c1-2-9-33(10-3-1)45-42-16-7-6-13-37(42)41-27-31(21-24-43(41)45)29-17-18-30-26-32(20-19-28(30)25-29)34-22-23-40-36-12-5-4-11-35(36)39-15-8-14-38(34)44(39)40;1-2-12-29(13-3-1)41-38-19-7-6-16-33(38)34-21-20-27(25-39(34)41)26-10-8-11-28(24-26)30-22-23-37-32-15-5-4-14-31(32)36-18-9-17-35(30)40(36)37;1-3-4-2/h1-27H;1-25H;3-4H,1-2H2. The maximum atomic E-state index is 3.36. The van der Waals surface area contributed by atoms with Crippen LogP contribution in [0.2, 0.25) is 0 Å². The number of fused-ring (bicyclic) bond motifs is 13. The minimum absolute atomic E-state index is 1.18. The van der Waals surface area contributed by atoms with E-state index in [0.29, 0.717) is 0 Å². The minimum atomic E-state index is 1.18. The summed E-state index contributed by atoms with van der Waals surface area (Å²) in [5.74, 6) is 0. The Morgan fingerprint density at radius 2 is 0.556 bits per heavy atom. The van der Waals surface area contributed by atoms with Gasteiger partial charge in [0.15, 0.2) is 0 Å². The maximum absolute atomic E-state index is 3.36. The van der Waals surface area contributed by atoms with E-state index in [4.69, 9.17) is 0 Å². The van der Waals surface area contributed by atoms with Crippen molar-refractivity contribution in [3.8, 4) is 100 Å². The molecule has 0 fully saturated rings. The van der Waals surface area contributed by atoms with Crippen LogP contribution in [0.25, 0.3) is 176 Å². The summed E-state index contributed by atoms with van der Waals surface area (Å²) in [5, 5.41) is 13.0. The van der Waals surface area contributed by atoms with E-state index in [2.05, 4.69) is 338 Å². The lowest BCUT2D eigenvalue weighted by Gasteiger charge is -2.12. The Bertz CT molecular complexity index is 5690. The van der Waals surface area contributed by atoms with E-state index in [-0.39, 0.29) is 0 Å². The van der Waals surface area contributed by atoms with E-state index < -0.39 is 0 Å². The summed E-state index contributed by atoms with van der Waals surface area (Å²) >= 11 is 0. The molecule has 0 unspecified atom stereocenters. The van der Waals surface area contributed by atoms with Crippen molar-refractivity contribution in [2.45, 2.75) is 0 Å². The van der Waals surface area contributed by atoms with Gasteiger partial charge in [-0.05, 0) is 194 Å². The molecule has 0 atom stereocenters. The van der Waals surface area contributed by atoms with Gasteiger partial charge in [0.2, 0.25) is 0 Å². The second kappa shape index (κ2) is 21.5. The van der Waals surface area contributed by atoms with Gasteiger partial charge in [0.25, 0.3) is 0 Å². The molecule has 15 aromatic carbocycles. The first-order chi connectivity index (χ1) is 44.6. The third-order valence-corrected chi connectivity index (χ3v) is 18.6. The number of rotatable bonds is 7. The Hall–Kier alpha value is -11.8. The molecule has 2 nitrogen and oxygen atoms in total. The summed E-state index contributed by atoms with van der Waals surface area (Å²) in [6.45, 7) is 6.72. The van der Waals surface area contributed by atoms with Crippen LogP contribution >= 0.6 is 0 Å². The highest BCUT2D eigenvalue weighted by atomic mass is 15.0. The molecular weight excluding hydrogens is 1080 g/mol. The van der Waals surface area contributed by atoms with E-state index in [1.165, 1.54) is 176 Å². The molecule has 2 aliphatic carbocycles. The molecule has 0 saturated heterocycles. The zero-order valence-corrected chi connectivity index (χ0v) is 49.5. The Kier molecular flexibility index (Phi) is 12.6. The number of allylic oxidation sites excluding steroid dienone is 2. The monoisotopic (exact) mass is 1140 g/mol. The normalized spacial score (nSPS) is 11.6. The number of aromatic nitrogens is 2. The van der Waals surface area contributed by atoms with E-state index in [0.717, 1.165) is 0 Å². The highest BCUT2D eigenvalue weighted by Crippen LogP contribution is 2.51. The molecule has 0 saturated carbocycles. The van der Waals surface area contributed by atoms with Crippen molar-refractivity contribution in [2.24, 2.45) is 0 Å². The summed E-state index contributed by atoms with van der Waals surface area (Å²) < 4.78 is 4.76. The molecule has 0 radical (unpaired) electrons. The fourth-order valence-electron chi connectivity index (χ4n) is 14.6. The van der Waals surface area contributed by atoms with E-state index in [1.54, 1.807) is 12.2 Å². The zero-order valence-electron chi connectivity index (χ0n) is 49.5. The van der Waals surface area contributed by atoms with Crippen molar-refractivity contribution in [1.29, 1.82) is 0 Å². The minimum Gasteiger partial charge on any atom is -0.309 e. The van der Waals surface area contributed by atoms with E-state index >= 15 is 0 Å². The number of benzene rings is 15. The lowest BCUT2D eigenvalue weighted by molar-refractivity contribution is 1.18. The Labute approximate surface area is 523 Å². The average Bonchev–Trinajstić information content (AvgIpc) is 1.74. The molecule has 0 bridgehead atoms. The fraction of sp³-hybridized carbons (Fsp3) is 0. The number of nitrogens with zero attached hydrogens (tertiary/aromatic N) is 2. The molecule has 90 heavy (non-hydrogen) atoms. The summed E-state index contributed by atoms with van der Waals surface area (Å²) in [5.41, 5.74) is 27.9. The molecule has 19 rings (SSSR count). The van der Waals surface area contributed by atoms with E-state index in [9.17, 15) is 0 Å². The van der Waals surface area contributed by atoms with Crippen LogP contribution in [-0.2, 0) is 0 Å². The number of para-hydroxylation sites is 4. The molecule has 2 aromatic heterocycles. The van der Waals surface area contributed by atoms with Crippen LogP contribution in [0.15, 0.2) is 341 Å². The number of hydrogen-bond donors (Lipinski definition) is 0. The fourth-order valence-corrected chi connectivity index (χ4v) is 14.6. The molecule has 0 aliphatic heterocycles. The van der Waals surface area contributed by atoms with Crippen molar-refractivity contribution in [3.63, 3.8) is 0 Å². The van der Waals surface area contributed by atoms with Crippen LogP contribution in [0.1, 0.15) is 0 Å². The molecule has 2 heterocycles. The largest absolute Gasteiger partial charge is 0.309 e. The lowest BCUT2D eigenvalue weighted by atomic mass is 9.92. The second-order valence-corrected chi connectivity index (χ2v) is 23.5. The van der Waals surface area contributed by atoms with Gasteiger partial charge < -0.3 is 9.13 Å². The van der Waals surface area contributed by atoms with Crippen molar-refractivity contribution >= 4 is 75.9 Å². The first kappa shape index (κ1) is 52.5. The first-order valence-corrected chi connectivity index (χ1v) is 31.0. The van der Waals surface area contributed by atoms with Gasteiger partial charge in [-0.2, -0.15) is 0 Å². The van der Waals surface area contributed by atoms with Gasteiger partial charge in [0.1, 0.15) is 0 Å². The van der Waals surface area contributed by atoms with Crippen LogP contribution in [0.5, 0.6) is 0 Å². The van der Waals surface area contributed by atoms with Crippen molar-refractivity contribution in [3.05, 3.63) is 341 Å². The highest BCUT2D eigenvalue weighted by molar-refractivity contribution is 6.21. The average molecular weight is 1140 g/mol. The smallest absolute Gasteiger partial charge is 0.0547 e. The Morgan fingerprint density at radius 3 is 1.13 bits per heavy atom.